The lowest BCUT2D eigenvalue weighted by Crippen LogP contribution is -2.07. The summed E-state index contributed by atoms with van der Waals surface area (Å²) in [7, 11) is 0. The van der Waals surface area contributed by atoms with E-state index in [-0.39, 0.29) is 12.4 Å². The highest BCUT2D eigenvalue weighted by Gasteiger charge is 1.74. The zero-order chi connectivity index (χ0) is 5.54. The first kappa shape index (κ1) is 10.8. The summed E-state index contributed by atoms with van der Waals surface area (Å²) in [5.41, 5.74) is 5.11. The minimum atomic E-state index is 0. The van der Waals surface area contributed by atoms with Gasteiger partial charge in [-0.15, -0.1) is 19.0 Å². The number of halogens is 1. The second kappa shape index (κ2) is 10.0. The maximum Gasteiger partial charge on any atom is 0.0645 e. The van der Waals surface area contributed by atoms with Gasteiger partial charge in [0.2, 0.25) is 0 Å². The van der Waals surface area contributed by atoms with Crippen molar-refractivity contribution in [3.8, 4) is 0 Å². The summed E-state index contributed by atoms with van der Waals surface area (Å²) in [6.07, 6.45) is 1.70. The third kappa shape index (κ3) is 9.34. The van der Waals surface area contributed by atoms with Crippen molar-refractivity contribution in [2.24, 2.45) is 5.73 Å². The molecule has 0 unspecified atom stereocenters. The largest absolute Gasteiger partial charge is 0.376 e. The van der Waals surface area contributed by atoms with Gasteiger partial charge < -0.3 is 10.5 Å². The Kier molecular flexibility index (Phi) is 13.6. The van der Waals surface area contributed by atoms with Crippen LogP contribution >= 0.6 is 12.4 Å². The van der Waals surface area contributed by atoms with Crippen LogP contribution in [0.2, 0.25) is 0 Å². The zero-order valence-corrected chi connectivity index (χ0v) is 5.62. The summed E-state index contributed by atoms with van der Waals surface area (Å²) in [6, 6.07) is 0. The fourth-order valence-electron chi connectivity index (χ4n) is 0.250. The van der Waals surface area contributed by atoms with Gasteiger partial charge in [-0.05, 0) is 0 Å². The molecule has 0 aliphatic rings. The molecule has 0 saturated heterocycles. The quantitative estimate of drug-likeness (QED) is 0.454. The predicted molar refractivity (Wildman–Crippen MR) is 37.3 cm³/mol. The van der Waals surface area contributed by atoms with Crippen molar-refractivity contribution in [2.45, 2.75) is 0 Å². The van der Waals surface area contributed by atoms with Crippen molar-refractivity contribution in [3.05, 3.63) is 12.7 Å². The topological polar surface area (TPSA) is 35.2 Å². The van der Waals surface area contributed by atoms with Crippen molar-refractivity contribution >= 4 is 12.4 Å². The van der Waals surface area contributed by atoms with Gasteiger partial charge in [0, 0.05) is 6.54 Å². The fourth-order valence-corrected chi connectivity index (χ4v) is 0.250. The number of hydrogen-bond donors (Lipinski definition) is 1. The summed E-state index contributed by atoms with van der Waals surface area (Å²) in [4.78, 5) is 0. The van der Waals surface area contributed by atoms with E-state index in [0.717, 1.165) is 0 Å². The lowest BCUT2D eigenvalue weighted by molar-refractivity contribution is 0.171. The van der Waals surface area contributed by atoms with Gasteiger partial charge in [0.05, 0.1) is 13.2 Å². The standard InChI is InChI=1S/C5H11NO.ClH/c1-2-4-7-5-3-6;/h2H,1,3-6H2;1H. The second-order valence-corrected chi connectivity index (χ2v) is 1.15. The van der Waals surface area contributed by atoms with E-state index in [0.29, 0.717) is 19.8 Å². The van der Waals surface area contributed by atoms with Gasteiger partial charge in [-0.25, -0.2) is 0 Å². The van der Waals surface area contributed by atoms with Crippen LogP contribution in [0.5, 0.6) is 0 Å². The molecule has 0 fully saturated rings. The molecule has 0 saturated carbocycles. The molecule has 0 aromatic rings. The van der Waals surface area contributed by atoms with Gasteiger partial charge in [0.1, 0.15) is 0 Å². The molecule has 0 amide bonds. The van der Waals surface area contributed by atoms with Crippen LogP contribution in [-0.2, 0) is 4.74 Å². The van der Waals surface area contributed by atoms with Crippen LogP contribution in [-0.4, -0.2) is 19.8 Å². The Bertz CT molecular complexity index is 49.7. The summed E-state index contributed by atoms with van der Waals surface area (Å²) in [5, 5.41) is 0. The number of hydrogen-bond acceptors (Lipinski definition) is 2. The van der Waals surface area contributed by atoms with Gasteiger partial charge in [-0.2, -0.15) is 0 Å². The summed E-state index contributed by atoms with van der Waals surface area (Å²) in [5.74, 6) is 0. The van der Waals surface area contributed by atoms with E-state index in [1.807, 2.05) is 0 Å². The van der Waals surface area contributed by atoms with E-state index < -0.39 is 0 Å². The molecule has 0 spiro atoms. The molecule has 0 aromatic carbocycles. The highest BCUT2D eigenvalue weighted by Crippen LogP contribution is 1.69. The van der Waals surface area contributed by atoms with Crippen molar-refractivity contribution in [1.29, 1.82) is 0 Å². The summed E-state index contributed by atoms with van der Waals surface area (Å²) < 4.78 is 4.89. The predicted octanol–water partition coefficient (Wildman–Crippen LogP) is 0.569. The lowest BCUT2D eigenvalue weighted by atomic mass is 10.7. The molecule has 0 heterocycles. The molecule has 3 heteroatoms. The average Bonchev–Trinajstić information content (AvgIpc) is 1.69. The molecular weight excluding hydrogens is 126 g/mol. The van der Waals surface area contributed by atoms with Crippen LogP contribution in [0.1, 0.15) is 0 Å². The Balaban J connectivity index is 0. The van der Waals surface area contributed by atoms with Crippen LogP contribution in [0.15, 0.2) is 12.7 Å². The van der Waals surface area contributed by atoms with E-state index in [1.54, 1.807) is 6.08 Å². The average molecular weight is 138 g/mol. The van der Waals surface area contributed by atoms with Crippen LogP contribution in [0.3, 0.4) is 0 Å². The van der Waals surface area contributed by atoms with E-state index in [1.165, 1.54) is 0 Å². The lowest BCUT2D eigenvalue weighted by Gasteiger charge is -1.93. The van der Waals surface area contributed by atoms with Gasteiger partial charge in [-0.1, -0.05) is 6.08 Å². The molecule has 0 aliphatic heterocycles. The maximum absolute atomic E-state index is 5.11. The van der Waals surface area contributed by atoms with Crippen molar-refractivity contribution in [2.75, 3.05) is 19.8 Å². The molecule has 0 atom stereocenters. The smallest absolute Gasteiger partial charge is 0.0645 e. The van der Waals surface area contributed by atoms with Crippen molar-refractivity contribution in [3.63, 3.8) is 0 Å². The van der Waals surface area contributed by atoms with Crippen molar-refractivity contribution < 1.29 is 4.74 Å². The van der Waals surface area contributed by atoms with Gasteiger partial charge in [0.15, 0.2) is 0 Å². The van der Waals surface area contributed by atoms with E-state index in [4.69, 9.17) is 10.5 Å². The molecule has 50 valence electrons. The first-order valence-corrected chi connectivity index (χ1v) is 2.30. The van der Waals surface area contributed by atoms with E-state index in [9.17, 15) is 0 Å². The van der Waals surface area contributed by atoms with E-state index in [2.05, 4.69) is 6.58 Å². The Morgan fingerprint density at radius 2 is 2.25 bits per heavy atom. The van der Waals surface area contributed by atoms with Gasteiger partial charge in [0.25, 0.3) is 0 Å². The monoisotopic (exact) mass is 137 g/mol. The minimum absolute atomic E-state index is 0. The Morgan fingerprint density at radius 1 is 1.62 bits per heavy atom. The molecule has 0 rings (SSSR count). The molecular formula is C5H12ClNO. The Hall–Kier alpha value is -0.0500. The van der Waals surface area contributed by atoms with Crippen LogP contribution in [0.4, 0.5) is 0 Å². The molecule has 0 bridgehead atoms. The Morgan fingerprint density at radius 3 is 2.62 bits per heavy atom. The molecule has 2 nitrogen and oxygen atoms in total. The van der Waals surface area contributed by atoms with Crippen molar-refractivity contribution in [1.82, 2.24) is 0 Å². The number of nitrogens with two attached hydrogens (primary N) is 1. The normalized spacial score (nSPS) is 7.62. The van der Waals surface area contributed by atoms with Crippen LogP contribution in [0, 0.1) is 0 Å². The van der Waals surface area contributed by atoms with Crippen LogP contribution in [0.25, 0.3) is 0 Å². The highest BCUT2D eigenvalue weighted by atomic mass is 35.5. The Labute approximate surface area is 56.1 Å². The highest BCUT2D eigenvalue weighted by molar-refractivity contribution is 5.85. The zero-order valence-electron chi connectivity index (χ0n) is 4.80. The van der Waals surface area contributed by atoms with Gasteiger partial charge in [-0.3, -0.25) is 0 Å². The summed E-state index contributed by atoms with van der Waals surface area (Å²) in [6.45, 7) is 5.30. The fraction of sp³-hybridized carbons (Fsp3) is 0.600. The second-order valence-electron chi connectivity index (χ2n) is 1.15. The molecule has 2 N–H and O–H groups in total. The molecule has 0 aliphatic carbocycles. The summed E-state index contributed by atoms with van der Waals surface area (Å²) >= 11 is 0. The van der Waals surface area contributed by atoms with Crippen LogP contribution < -0.4 is 5.73 Å². The first-order valence-electron chi connectivity index (χ1n) is 2.30. The third-order valence-corrected chi connectivity index (χ3v) is 0.498. The SMILES string of the molecule is C=CCOCCN.Cl. The minimum Gasteiger partial charge on any atom is -0.376 e. The molecule has 0 aromatic heterocycles. The third-order valence-electron chi connectivity index (χ3n) is 0.498. The molecule has 8 heavy (non-hydrogen) atoms. The van der Waals surface area contributed by atoms with Gasteiger partial charge >= 0.3 is 0 Å². The maximum atomic E-state index is 5.11. The number of rotatable bonds is 4. The van der Waals surface area contributed by atoms with E-state index >= 15 is 0 Å². The number of ether oxygens (including phenoxy) is 1. The molecule has 0 radical (unpaired) electrons. The first-order chi connectivity index (χ1) is 3.41.